The summed E-state index contributed by atoms with van der Waals surface area (Å²) in [6.07, 6.45) is 13.4. The fraction of sp³-hybridized carbons (Fsp3) is 0. The molecule has 2 amide bonds. The molecule has 0 atom stereocenters. The fourth-order valence-corrected chi connectivity index (χ4v) is 2.77. The first-order valence-electron chi connectivity index (χ1n) is 9.40. The van der Waals surface area contributed by atoms with Gasteiger partial charge in [0.05, 0.1) is 18.1 Å². The third-order valence-electron chi connectivity index (χ3n) is 4.26. The van der Waals surface area contributed by atoms with Gasteiger partial charge in [0.15, 0.2) is 0 Å². The van der Waals surface area contributed by atoms with Crippen LogP contribution in [0.15, 0.2) is 90.7 Å². The van der Waals surface area contributed by atoms with Crippen LogP contribution in [0, 0.1) is 5.82 Å². The number of benzene rings is 1. The number of nitrogens with one attached hydrogen (secondary N) is 1. The molecule has 1 N–H and O–H groups in total. The molecule has 4 rings (SSSR count). The van der Waals surface area contributed by atoms with Crippen molar-refractivity contribution in [2.75, 3.05) is 10.3 Å². The molecule has 0 unspecified atom stereocenters. The highest BCUT2D eigenvalue weighted by Gasteiger charge is 2.24. The van der Waals surface area contributed by atoms with Gasteiger partial charge in [0.1, 0.15) is 23.7 Å². The third-order valence-corrected chi connectivity index (χ3v) is 4.26. The third kappa shape index (κ3) is 4.70. The minimum absolute atomic E-state index is 0.135. The van der Waals surface area contributed by atoms with Crippen molar-refractivity contribution in [3.05, 3.63) is 103 Å². The minimum Gasteiger partial charge on any atom is -0.307 e. The largest absolute Gasteiger partial charge is 0.307 e. The maximum Gasteiger partial charge on any atom is 0.297 e. The average molecular weight is 429 g/mol. The van der Waals surface area contributed by atoms with E-state index in [9.17, 15) is 14.0 Å². The van der Waals surface area contributed by atoms with Crippen LogP contribution in [0.3, 0.4) is 0 Å². The van der Waals surface area contributed by atoms with Crippen LogP contribution in [0.1, 0.15) is 20.8 Å². The fourth-order valence-electron chi connectivity index (χ4n) is 2.77. The van der Waals surface area contributed by atoms with Crippen molar-refractivity contribution in [3.63, 3.8) is 0 Å². The zero-order chi connectivity index (χ0) is 22.3. The van der Waals surface area contributed by atoms with Crippen LogP contribution < -0.4 is 10.3 Å². The second-order valence-corrected chi connectivity index (χ2v) is 6.40. The highest BCUT2D eigenvalue weighted by atomic mass is 19.1. The Morgan fingerprint density at radius 1 is 0.969 bits per heavy atom. The number of carbonyl (C=O) groups excluding carboxylic acids is 2. The van der Waals surface area contributed by atoms with E-state index in [-0.39, 0.29) is 11.5 Å². The molecule has 0 saturated heterocycles. The lowest BCUT2D eigenvalue weighted by Gasteiger charge is -2.30. The van der Waals surface area contributed by atoms with Gasteiger partial charge >= 0.3 is 0 Å². The first-order valence-corrected chi connectivity index (χ1v) is 9.40. The van der Waals surface area contributed by atoms with Crippen LogP contribution >= 0.6 is 0 Å². The molecule has 1 aromatic carbocycles. The standard InChI is InChI=1S/C22H16FN7O2/c23-17-5-8-20(27-13-17)28-21(31)16-3-6-18(7-4-16)30(29-12-2-1-9-25-15-29)22(32)19-14-24-10-11-26-19/h1-15H,(H,27,28,31). The Balaban J connectivity index is 1.60. The van der Waals surface area contributed by atoms with Gasteiger partial charge in [0, 0.05) is 30.4 Å². The number of hydrazine groups is 1. The lowest BCUT2D eigenvalue weighted by molar-refractivity contribution is 0.0948. The van der Waals surface area contributed by atoms with E-state index < -0.39 is 17.6 Å². The SMILES string of the molecule is O=C(Nc1ccc(F)cn1)c1ccc(N(C(=O)c2cnccn2)N2C=CC=CN=C2)cc1. The Hall–Kier alpha value is -4.73. The topological polar surface area (TPSA) is 104 Å². The smallest absolute Gasteiger partial charge is 0.297 e. The van der Waals surface area contributed by atoms with Crippen LogP contribution in [0.5, 0.6) is 0 Å². The van der Waals surface area contributed by atoms with Gasteiger partial charge in [-0.3, -0.25) is 14.6 Å². The van der Waals surface area contributed by atoms with Crippen LogP contribution in [0.2, 0.25) is 0 Å². The van der Waals surface area contributed by atoms with E-state index in [0.29, 0.717) is 11.3 Å². The van der Waals surface area contributed by atoms with E-state index in [1.165, 1.54) is 47.1 Å². The summed E-state index contributed by atoms with van der Waals surface area (Å²) >= 11 is 0. The molecule has 9 nitrogen and oxygen atoms in total. The Morgan fingerprint density at radius 3 is 2.53 bits per heavy atom. The molecule has 0 saturated carbocycles. The number of aromatic nitrogens is 3. The molecule has 0 fully saturated rings. The molecule has 10 heteroatoms. The molecule has 3 aromatic rings. The maximum absolute atomic E-state index is 13.2. The van der Waals surface area contributed by atoms with E-state index in [4.69, 9.17) is 0 Å². The lowest BCUT2D eigenvalue weighted by Crippen LogP contribution is -2.43. The van der Waals surface area contributed by atoms with Crippen molar-refractivity contribution in [2.24, 2.45) is 4.99 Å². The molecule has 158 valence electrons. The van der Waals surface area contributed by atoms with Crippen molar-refractivity contribution in [1.82, 2.24) is 20.0 Å². The summed E-state index contributed by atoms with van der Waals surface area (Å²) < 4.78 is 13.0. The highest BCUT2D eigenvalue weighted by molar-refractivity contribution is 6.06. The normalized spacial score (nSPS) is 12.3. The number of carbonyl (C=O) groups is 2. The first-order chi connectivity index (χ1) is 15.6. The number of pyridine rings is 1. The van der Waals surface area contributed by atoms with Crippen LogP contribution in [0.25, 0.3) is 0 Å². The molecule has 0 radical (unpaired) electrons. The second-order valence-electron chi connectivity index (χ2n) is 6.40. The van der Waals surface area contributed by atoms with E-state index in [1.807, 2.05) is 0 Å². The molecule has 32 heavy (non-hydrogen) atoms. The van der Waals surface area contributed by atoms with Gasteiger partial charge in [-0.2, -0.15) is 0 Å². The summed E-state index contributed by atoms with van der Waals surface area (Å²) in [4.78, 5) is 41.6. The quantitative estimate of drug-likeness (QED) is 0.668. The van der Waals surface area contributed by atoms with Gasteiger partial charge in [0.25, 0.3) is 11.8 Å². The maximum atomic E-state index is 13.2. The van der Waals surface area contributed by atoms with E-state index in [1.54, 1.807) is 48.8 Å². The Bertz CT molecular complexity index is 1180. The number of allylic oxidation sites excluding steroid dienone is 2. The molecule has 0 bridgehead atoms. The van der Waals surface area contributed by atoms with E-state index >= 15 is 0 Å². The molecular weight excluding hydrogens is 413 g/mol. The number of hydrogen-bond acceptors (Lipinski definition) is 7. The van der Waals surface area contributed by atoms with E-state index in [2.05, 4.69) is 25.3 Å². The van der Waals surface area contributed by atoms with Gasteiger partial charge in [-0.05, 0) is 48.6 Å². The molecule has 1 aliphatic heterocycles. The molecular formula is C22H16FN7O2. The summed E-state index contributed by atoms with van der Waals surface area (Å²) in [7, 11) is 0. The molecule has 1 aliphatic rings. The predicted octanol–water partition coefficient (Wildman–Crippen LogP) is 3.20. The van der Waals surface area contributed by atoms with Crippen molar-refractivity contribution in [2.45, 2.75) is 0 Å². The van der Waals surface area contributed by atoms with Crippen LogP contribution in [0.4, 0.5) is 15.9 Å². The number of rotatable bonds is 5. The summed E-state index contributed by atoms with van der Waals surface area (Å²) in [5, 5.41) is 5.43. The van der Waals surface area contributed by atoms with Crippen LogP contribution in [-0.2, 0) is 0 Å². The van der Waals surface area contributed by atoms with E-state index in [0.717, 1.165) is 6.20 Å². The first kappa shape index (κ1) is 20.5. The number of aliphatic imine (C=N–C) groups is 1. The van der Waals surface area contributed by atoms with Crippen molar-refractivity contribution < 1.29 is 14.0 Å². The van der Waals surface area contributed by atoms with Gasteiger partial charge in [-0.15, -0.1) is 0 Å². The lowest BCUT2D eigenvalue weighted by atomic mass is 10.2. The van der Waals surface area contributed by atoms with Crippen LogP contribution in [-0.4, -0.2) is 38.1 Å². The summed E-state index contributed by atoms with van der Waals surface area (Å²) in [6, 6.07) is 8.90. The number of amides is 2. The Labute approximate surface area is 182 Å². The zero-order valence-corrected chi connectivity index (χ0v) is 16.5. The second kappa shape index (κ2) is 9.39. The van der Waals surface area contributed by atoms with Gasteiger partial charge < -0.3 is 5.32 Å². The number of halogens is 1. The molecule has 3 heterocycles. The van der Waals surface area contributed by atoms with Crippen molar-refractivity contribution in [1.29, 1.82) is 0 Å². The monoisotopic (exact) mass is 429 g/mol. The van der Waals surface area contributed by atoms with Crippen molar-refractivity contribution in [3.8, 4) is 0 Å². The minimum atomic E-state index is -0.499. The molecule has 2 aromatic heterocycles. The van der Waals surface area contributed by atoms with Gasteiger partial charge in [-0.1, -0.05) is 0 Å². The molecule has 0 spiro atoms. The summed E-state index contributed by atoms with van der Waals surface area (Å²) in [6.45, 7) is 0. The van der Waals surface area contributed by atoms with Gasteiger partial charge in [-0.25, -0.2) is 29.4 Å². The zero-order valence-electron chi connectivity index (χ0n) is 16.5. The Morgan fingerprint density at radius 2 is 1.81 bits per heavy atom. The van der Waals surface area contributed by atoms with Crippen molar-refractivity contribution >= 4 is 29.7 Å². The van der Waals surface area contributed by atoms with Gasteiger partial charge in [0.2, 0.25) is 0 Å². The summed E-state index contributed by atoms with van der Waals surface area (Å²) in [5.41, 5.74) is 0.930. The average Bonchev–Trinajstić information content (AvgIpc) is 3.11. The number of nitrogens with zero attached hydrogens (tertiary/aromatic N) is 6. The Kier molecular flexibility index (Phi) is 6.03. The summed E-state index contributed by atoms with van der Waals surface area (Å²) in [5.74, 6) is -1.15. The molecule has 0 aliphatic carbocycles. The number of anilines is 2. The highest BCUT2D eigenvalue weighted by Crippen LogP contribution is 2.21. The number of hydrogen-bond donors (Lipinski definition) is 1. The predicted molar refractivity (Wildman–Crippen MR) is 116 cm³/mol.